The maximum Gasteiger partial charge on any atom is 0.303 e. The first-order valence-corrected chi connectivity index (χ1v) is 13.8. The Morgan fingerprint density at radius 2 is 1.48 bits per heavy atom. The van der Waals surface area contributed by atoms with Crippen molar-refractivity contribution in [3.05, 3.63) is 58.2 Å². The molecule has 0 atom stereocenters. The number of nitro groups is 1. The lowest BCUT2D eigenvalue weighted by Gasteiger charge is -2.15. The summed E-state index contributed by atoms with van der Waals surface area (Å²) >= 11 is 0. The molecule has 2 N–H and O–H groups in total. The minimum Gasteiger partial charge on any atom is -0.491 e. The Bertz CT molecular complexity index is 1160. The number of unbranched alkanes of at least 4 members (excludes halogenated alkanes) is 4. The highest BCUT2D eigenvalue weighted by atomic mass is 16.6. The molecule has 2 rings (SSSR count). The molecule has 2 aromatic rings. The van der Waals surface area contributed by atoms with Gasteiger partial charge in [-0.1, -0.05) is 51.7 Å². The Morgan fingerprint density at radius 3 is 2.08 bits per heavy atom. The number of nitrogens with one attached hydrogen (secondary N) is 1. The van der Waals surface area contributed by atoms with Crippen molar-refractivity contribution >= 4 is 28.8 Å². The molecule has 0 saturated carbocycles. The minimum absolute atomic E-state index is 0.0257. The predicted octanol–water partition coefficient (Wildman–Crippen LogP) is 7.02. The lowest BCUT2D eigenvalue weighted by Crippen LogP contribution is -2.11. The first-order valence-electron chi connectivity index (χ1n) is 13.8. The molecule has 0 heterocycles. The molecule has 0 aliphatic carbocycles. The van der Waals surface area contributed by atoms with Crippen molar-refractivity contribution in [2.24, 2.45) is 0 Å². The van der Waals surface area contributed by atoms with Crippen LogP contribution in [0.15, 0.2) is 42.5 Å². The normalized spacial score (nSPS) is 11.1. The number of carboxylic acids is 1. The minimum atomic E-state index is -0.912. The average Bonchev–Trinajstić information content (AvgIpc) is 2.92. The number of nitro benzene ring substituents is 1. The van der Waals surface area contributed by atoms with Gasteiger partial charge in [-0.05, 0) is 50.0 Å². The number of carbonyl (C=O) groups is 2. The highest BCUT2D eigenvalue weighted by Crippen LogP contribution is 2.38. The van der Waals surface area contributed by atoms with Gasteiger partial charge in [0.05, 0.1) is 42.1 Å². The molecule has 0 radical (unpaired) electrons. The Labute approximate surface area is 235 Å². The molecular formula is C30H40N2O8. The molecule has 0 aromatic heterocycles. The Balaban J connectivity index is 2.28. The molecule has 0 spiro atoms. The first kappa shape index (κ1) is 32.1. The summed E-state index contributed by atoms with van der Waals surface area (Å²) in [6, 6.07) is 9.72. The van der Waals surface area contributed by atoms with E-state index >= 15 is 0 Å². The number of anilines is 1. The number of rotatable bonds is 19. The third-order valence-electron chi connectivity index (χ3n) is 5.98. The highest BCUT2D eigenvalue weighted by Gasteiger charge is 2.22. The van der Waals surface area contributed by atoms with Gasteiger partial charge in [0.25, 0.3) is 5.69 Å². The van der Waals surface area contributed by atoms with Crippen molar-refractivity contribution in [3.63, 3.8) is 0 Å². The topological polar surface area (TPSA) is 137 Å². The molecule has 0 fully saturated rings. The number of carbonyl (C=O) groups excluding carboxylic acids is 1. The molecule has 10 heteroatoms. The number of ether oxygens (including phenoxy) is 3. The van der Waals surface area contributed by atoms with Gasteiger partial charge in [0.1, 0.15) is 5.75 Å². The number of para-hydroxylation sites is 2. The van der Waals surface area contributed by atoms with Crippen LogP contribution in [-0.4, -0.2) is 41.7 Å². The van der Waals surface area contributed by atoms with E-state index in [4.69, 9.17) is 19.3 Å². The lowest BCUT2D eigenvalue weighted by molar-refractivity contribution is -0.385. The van der Waals surface area contributed by atoms with E-state index in [1.54, 1.807) is 37.3 Å². The smallest absolute Gasteiger partial charge is 0.303 e. The van der Waals surface area contributed by atoms with Crippen LogP contribution in [0.2, 0.25) is 0 Å². The zero-order valence-corrected chi connectivity index (χ0v) is 23.6. The zero-order valence-electron chi connectivity index (χ0n) is 23.6. The van der Waals surface area contributed by atoms with E-state index < -0.39 is 16.8 Å². The van der Waals surface area contributed by atoms with Crippen LogP contribution in [-0.2, 0) is 9.59 Å². The van der Waals surface area contributed by atoms with Crippen molar-refractivity contribution in [2.45, 2.75) is 72.1 Å². The quantitative estimate of drug-likeness (QED) is 0.0815. The van der Waals surface area contributed by atoms with Gasteiger partial charge in [-0.2, -0.15) is 0 Å². The van der Waals surface area contributed by atoms with E-state index in [0.717, 1.165) is 38.5 Å². The number of amides is 1. The molecule has 10 nitrogen and oxygen atoms in total. The number of hydrogen-bond donors (Lipinski definition) is 2. The first-order chi connectivity index (χ1) is 19.3. The molecule has 0 unspecified atom stereocenters. The fraction of sp³-hybridized carbons (Fsp3) is 0.467. The zero-order chi connectivity index (χ0) is 29.3. The van der Waals surface area contributed by atoms with Gasteiger partial charge >= 0.3 is 5.97 Å². The van der Waals surface area contributed by atoms with Gasteiger partial charge in [0, 0.05) is 12.5 Å². The van der Waals surface area contributed by atoms with Crippen molar-refractivity contribution in [3.8, 4) is 17.2 Å². The number of nitrogens with zero attached hydrogens (tertiary/aromatic N) is 1. The fourth-order valence-electron chi connectivity index (χ4n) is 3.85. The predicted molar refractivity (Wildman–Crippen MR) is 154 cm³/mol. The fourth-order valence-corrected chi connectivity index (χ4v) is 3.85. The Morgan fingerprint density at radius 1 is 0.900 bits per heavy atom. The number of carboxylic acid groups (broad SMARTS) is 1. The van der Waals surface area contributed by atoms with Crippen LogP contribution in [0.1, 0.15) is 77.7 Å². The summed E-state index contributed by atoms with van der Waals surface area (Å²) in [6.45, 7) is 6.84. The molecule has 0 aliphatic heterocycles. The van der Waals surface area contributed by atoms with E-state index in [0.29, 0.717) is 48.1 Å². The van der Waals surface area contributed by atoms with Crippen LogP contribution >= 0.6 is 0 Å². The van der Waals surface area contributed by atoms with Crippen LogP contribution in [0, 0.1) is 10.1 Å². The molecule has 0 saturated heterocycles. The van der Waals surface area contributed by atoms with Gasteiger partial charge in [0.2, 0.25) is 5.91 Å². The van der Waals surface area contributed by atoms with Crippen LogP contribution < -0.4 is 19.5 Å². The lowest BCUT2D eigenvalue weighted by atomic mass is 10.0. The summed E-state index contributed by atoms with van der Waals surface area (Å²) in [5.74, 6) is -0.300. The Kier molecular flexibility index (Phi) is 14.1. The van der Waals surface area contributed by atoms with Gasteiger partial charge in [-0.3, -0.25) is 19.7 Å². The SMILES string of the molecule is CCCCCOc1cc(C(C)=CC(=O)Nc2ccccc2OCCCC(=O)O)c([N+](=O)[O-])cc1OCCCCC. The highest BCUT2D eigenvalue weighted by molar-refractivity contribution is 6.05. The van der Waals surface area contributed by atoms with Crippen molar-refractivity contribution in [2.75, 3.05) is 25.1 Å². The summed E-state index contributed by atoms with van der Waals surface area (Å²) in [5.41, 5.74) is 0.844. The maximum absolute atomic E-state index is 12.9. The summed E-state index contributed by atoms with van der Waals surface area (Å²) in [6.07, 6.45) is 7.28. The van der Waals surface area contributed by atoms with E-state index in [1.807, 2.05) is 0 Å². The second-order valence-electron chi connectivity index (χ2n) is 9.34. The second kappa shape index (κ2) is 17.5. The molecule has 2 aromatic carbocycles. The molecule has 0 aliphatic rings. The van der Waals surface area contributed by atoms with Crippen LogP contribution in [0.5, 0.6) is 17.2 Å². The van der Waals surface area contributed by atoms with Crippen molar-refractivity contribution in [1.82, 2.24) is 0 Å². The van der Waals surface area contributed by atoms with Gasteiger partial charge in [-0.15, -0.1) is 0 Å². The summed E-state index contributed by atoms with van der Waals surface area (Å²) in [4.78, 5) is 35.1. The average molecular weight is 557 g/mol. The number of benzene rings is 2. The maximum atomic E-state index is 12.9. The molecule has 218 valence electrons. The molecule has 1 amide bonds. The van der Waals surface area contributed by atoms with E-state index in [2.05, 4.69) is 19.2 Å². The third-order valence-corrected chi connectivity index (χ3v) is 5.98. The number of hydrogen-bond acceptors (Lipinski definition) is 7. The number of aliphatic carboxylic acids is 1. The summed E-state index contributed by atoms with van der Waals surface area (Å²) < 4.78 is 17.5. The van der Waals surface area contributed by atoms with Crippen LogP contribution in [0.25, 0.3) is 5.57 Å². The van der Waals surface area contributed by atoms with Crippen molar-refractivity contribution in [1.29, 1.82) is 0 Å². The van der Waals surface area contributed by atoms with E-state index in [-0.39, 0.29) is 24.3 Å². The van der Waals surface area contributed by atoms with E-state index in [1.165, 1.54) is 12.1 Å². The molecule has 40 heavy (non-hydrogen) atoms. The van der Waals surface area contributed by atoms with Crippen LogP contribution in [0.4, 0.5) is 11.4 Å². The van der Waals surface area contributed by atoms with Gasteiger partial charge < -0.3 is 24.6 Å². The standard InChI is InChI=1S/C30H40N2O8/c1-4-6-10-16-39-27-20-23(25(32(36)37)21-28(27)40-17-11-7-5-2)22(3)19-29(33)31-24-13-8-9-14-26(24)38-18-12-15-30(34)35/h8-9,13-14,19-21H,4-7,10-12,15-18H2,1-3H3,(H,31,33)(H,34,35). The van der Waals surface area contributed by atoms with Gasteiger partial charge in [-0.25, -0.2) is 0 Å². The molecular weight excluding hydrogens is 516 g/mol. The second-order valence-corrected chi connectivity index (χ2v) is 9.34. The number of allylic oxidation sites excluding steroid dienone is 1. The summed E-state index contributed by atoms with van der Waals surface area (Å²) in [7, 11) is 0. The van der Waals surface area contributed by atoms with Gasteiger partial charge in [0.15, 0.2) is 11.5 Å². The third kappa shape index (κ3) is 11.0. The summed E-state index contributed by atoms with van der Waals surface area (Å²) in [5, 5.41) is 23.5. The monoisotopic (exact) mass is 556 g/mol. The van der Waals surface area contributed by atoms with Crippen LogP contribution in [0.3, 0.4) is 0 Å². The Hall–Kier alpha value is -4.08. The largest absolute Gasteiger partial charge is 0.491 e. The van der Waals surface area contributed by atoms with E-state index in [9.17, 15) is 19.7 Å². The van der Waals surface area contributed by atoms with Crippen molar-refractivity contribution < 1.29 is 33.8 Å². The molecule has 0 bridgehead atoms.